The first-order valence-corrected chi connectivity index (χ1v) is 10.1. The van der Waals surface area contributed by atoms with E-state index in [1.165, 1.54) is 0 Å². The van der Waals surface area contributed by atoms with E-state index in [-0.39, 0.29) is 24.2 Å². The van der Waals surface area contributed by atoms with Gasteiger partial charge >= 0.3 is 0 Å². The average Bonchev–Trinajstić information content (AvgIpc) is 3.29. The molecule has 6 heteroatoms. The van der Waals surface area contributed by atoms with Crippen molar-refractivity contribution < 1.29 is 14.1 Å². The molecule has 4 aromatic rings. The highest BCUT2D eigenvalue weighted by Crippen LogP contribution is 2.19. The van der Waals surface area contributed by atoms with Crippen LogP contribution in [0.1, 0.15) is 39.1 Å². The molecule has 2 aromatic carbocycles. The smallest absolute Gasteiger partial charge is 0.273 e. The molecule has 0 radical (unpaired) electrons. The lowest BCUT2D eigenvalue weighted by atomic mass is 9.98. The van der Waals surface area contributed by atoms with Crippen LogP contribution in [-0.2, 0) is 13.0 Å². The Kier molecular flexibility index (Phi) is 6.38. The summed E-state index contributed by atoms with van der Waals surface area (Å²) in [4.78, 5) is 17.0. The summed E-state index contributed by atoms with van der Waals surface area (Å²) in [5.41, 5.74) is 3.29. The highest BCUT2D eigenvalue weighted by Gasteiger charge is 2.19. The van der Waals surface area contributed by atoms with Crippen LogP contribution < -0.4 is 10.1 Å². The fourth-order valence-corrected chi connectivity index (χ4v) is 3.20. The first-order valence-electron chi connectivity index (χ1n) is 10.1. The first-order chi connectivity index (χ1) is 15.2. The maximum atomic E-state index is 12.9. The van der Waals surface area contributed by atoms with E-state index in [0.29, 0.717) is 17.9 Å². The molecule has 0 spiro atoms. The normalized spacial score (nSPS) is 11.6. The van der Waals surface area contributed by atoms with Crippen molar-refractivity contribution in [1.82, 2.24) is 15.5 Å². The van der Waals surface area contributed by atoms with Gasteiger partial charge in [0.25, 0.3) is 5.91 Å². The fourth-order valence-electron chi connectivity index (χ4n) is 3.20. The molecular weight excluding hydrogens is 390 g/mol. The summed E-state index contributed by atoms with van der Waals surface area (Å²) in [6, 6.07) is 25.1. The number of aryl methyl sites for hydroxylation is 1. The minimum absolute atomic E-state index is 0.164. The summed E-state index contributed by atoms with van der Waals surface area (Å²) in [6.45, 7) is 2.07. The van der Waals surface area contributed by atoms with Gasteiger partial charge in [-0.05, 0) is 36.6 Å². The maximum absolute atomic E-state index is 12.9. The number of benzene rings is 2. The van der Waals surface area contributed by atoms with Crippen molar-refractivity contribution in [2.45, 2.75) is 26.0 Å². The van der Waals surface area contributed by atoms with Gasteiger partial charge in [-0.2, -0.15) is 0 Å². The molecule has 0 aliphatic carbocycles. The molecule has 0 bridgehead atoms. The monoisotopic (exact) mass is 413 g/mol. The number of hydrogen-bond acceptors (Lipinski definition) is 5. The number of nitrogens with zero attached hydrogens (tertiary/aromatic N) is 2. The lowest BCUT2D eigenvalue weighted by Gasteiger charge is -2.19. The standard InChI is InChI=1S/C25H23N3O3/c1-18-12-13-21(16-26-18)30-17-22-15-24(28-31-22)25(29)27-23(20-10-6-3-7-11-20)14-19-8-4-2-5-9-19/h2-13,15-16,23H,14,17H2,1H3,(H,27,29). The topological polar surface area (TPSA) is 77.2 Å². The van der Waals surface area contributed by atoms with E-state index in [4.69, 9.17) is 9.26 Å². The van der Waals surface area contributed by atoms with Crippen LogP contribution in [-0.4, -0.2) is 16.0 Å². The van der Waals surface area contributed by atoms with Gasteiger partial charge in [-0.15, -0.1) is 0 Å². The van der Waals surface area contributed by atoms with E-state index in [1.807, 2.05) is 79.7 Å². The van der Waals surface area contributed by atoms with Crippen molar-refractivity contribution in [3.8, 4) is 5.75 Å². The third-order valence-corrected chi connectivity index (χ3v) is 4.85. The molecule has 0 aliphatic heterocycles. The number of pyridine rings is 1. The van der Waals surface area contributed by atoms with Gasteiger partial charge in [-0.3, -0.25) is 9.78 Å². The van der Waals surface area contributed by atoms with E-state index < -0.39 is 0 Å². The molecule has 31 heavy (non-hydrogen) atoms. The highest BCUT2D eigenvalue weighted by molar-refractivity contribution is 5.92. The second-order valence-corrected chi connectivity index (χ2v) is 7.23. The number of carbonyl (C=O) groups is 1. The van der Waals surface area contributed by atoms with Gasteiger partial charge in [-0.25, -0.2) is 0 Å². The second kappa shape index (κ2) is 9.71. The van der Waals surface area contributed by atoms with Crippen molar-refractivity contribution in [1.29, 1.82) is 0 Å². The van der Waals surface area contributed by atoms with Crippen LogP contribution in [0.5, 0.6) is 5.75 Å². The molecule has 0 fully saturated rings. The second-order valence-electron chi connectivity index (χ2n) is 7.23. The van der Waals surface area contributed by atoms with Crippen LogP contribution in [0.4, 0.5) is 0 Å². The zero-order valence-electron chi connectivity index (χ0n) is 17.2. The Bertz CT molecular complexity index is 1110. The summed E-state index contributed by atoms with van der Waals surface area (Å²) in [5.74, 6) is 0.793. The van der Waals surface area contributed by atoms with Crippen molar-refractivity contribution in [2.75, 3.05) is 0 Å². The molecule has 1 atom stereocenters. The zero-order valence-corrected chi connectivity index (χ0v) is 17.2. The number of rotatable bonds is 8. The molecule has 2 aromatic heterocycles. The van der Waals surface area contributed by atoms with Crippen molar-refractivity contribution in [2.24, 2.45) is 0 Å². The summed E-state index contributed by atoms with van der Waals surface area (Å²) in [7, 11) is 0. The number of aromatic nitrogens is 2. The Morgan fingerprint density at radius 1 is 1.03 bits per heavy atom. The van der Waals surface area contributed by atoms with Gasteiger partial charge in [0.1, 0.15) is 12.4 Å². The molecule has 2 heterocycles. The van der Waals surface area contributed by atoms with Crippen LogP contribution in [0.2, 0.25) is 0 Å². The highest BCUT2D eigenvalue weighted by atomic mass is 16.5. The molecule has 1 amide bonds. The van der Waals surface area contributed by atoms with Crippen molar-refractivity contribution >= 4 is 5.91 Å². The van der Waals surface area contributed by atoms with Crippen LogP contribution >= 0.6 is 0 Å². The molecular formula is C25H23N3O3. The van der Waals surface area contributed by atoms with Gasteiger partial charge in [-0.1, -0.05) is 65.8 Å². The molecule has 4 rings (SSSR count). The predicted octanol–water partition coefficient (Wildman–Crippen LogP) is 4.67. The molecule has 0 saturated carbocycles. The van der Waals surface area contributed by atoms with E-state index in [1.54, 1.807) is 12.3 Å². The lowest BCUT2D eigenvalue weighted by molar-refractivity contribution is 0.0927. The molecule has 1 N–H and O–H groups in total. The molecule has 6 nitrogen and oxygen atoms in total. The Balaban J connectivity index is 1.43. The summed E-state index contributed by atoms with van der Waals surface area (Å²) in [5, 5.41) is 6.99. The predicted molar refractivity (Wildman–Crippen MR) is 117 cm³/mol. The molecule has 156 valence electrons. The molecule has 1 unspecified atom stereocenters. The SMILES string of the molecule is Cc1ccc(OCc2cc(C(=O)NC(Cc3ccccc3)c3ccccc3)no2)cn1. The van der Waals surface area contributed by atoms with E-state index >= 15 is 0 Å². The summed E-state index contributed by atoms with van der Waals surface area (Å²) < 4.78 is 10.9. The third kappa shape index (κ3) is 5.57. The number of ether oxygens (including phenoxy) is 1. The van der Waals surface area contributed by atoms with Crippen LogP contribution in [0.25, 0.3) is 0 Å². The largest absolute Gasteiger partial charge is 0.484 e. The van der Waals surface area contributed by atoms with Gasteiger partial charge in [0.15, 0.2) is 11.5 Å². The van der Waals surface area contributed by atoms with Gasteiger partial charge in [0.05, 0.1) is 12.2 Å². The minimum Gasteiger partial charge on any atom is -0.484 e. The number of nitrogens with one attached hydrogen (secondary N) is 1. The Hall–Kier alpha value is -3.93. The summed E-state index contributed by atoms with van der Waals surface area (Å²) >= 11 is 0. The van der Waals surface area contributed by atoms with E-state index in [9.17, 15) is 4.79 Å². The first kappa shape index (κ1) is 20.3. The Morgan fingerprint density at radius 3 is 2.48 bits per heavy atom. The van der Waals surface area contributed by atoms with Crippen LogP contribution in [0.15, 0.2) is 89.6 Å². The summed E-state index contributed by atoms with van der Waals surface area (Å²) in [6.07, 6.45) is 2.32. The van der Waals surface area contributed by atoms with Gasteiger partial charge < -0.3 is 14.6 Å². The number of hydrogen-bond donors (Lipinski definition) is 1. The maximum Gasteiger partial charge on any atom is 0.273 e. The van der Waals surface area contributed by atoms with Crippen LogP contribution in [0.3, 0.4) is 0 Å². The van der Waals surface area contributed by atoms with Crippen molar-refractivity contribution in [3.63, 3.8) is 0 Å². The van der Waals surface area contributed by atoms with E-state index in [0.717, 1.165) is 16.8 Å². The Labute approximate surface area is 180 Å². The average molecular weight is 413 g/mol. The zero-order chi connectivity index (χ0) is 21.5. The quantitative estimate of drug-likeness (QED) is 0.454. The molecule has 0 saturated heterocycles. The third-order valence-electron chi connectivity index (χ3n) is 4.85. The number of carbonyl (C=O) groups excluding carboxylic acids is 1. The lowest BCUT2D eigenvalue weighted by Crippen LogP contribution is -2.30. The Morgan fingerprint density at radius 2 is 1.77 bits per heavy atom. The minimum atomic E-state index is -0.295. The fraction of sp³-hybridized carbons (Fsp3) is 0.160. The van der Waals surface area contributed by atoms with Crippen molar-refractivity contribution in [3.05, 3.63) is 113 Å². The van der Waals surface area contributed by atoms with Gasteiger partial charge in [0, 0.05) is 11.8 Å². The van der Waals surface area contributed by atoms with Gasteiger partial charge in [0.2, 0.25) is 0 Å². The van der Waals surface area contributed by atoms with E-state index in [2.05, 4.69) is 15.5 Å². The molecule has 0 aliphatic rings. The number of amides is 1. The van der Waals surface area contributed by atoms with Crippen LogP contribution in [0, 0.1) is 6.92 Å².